The predicted molar refractivity (Wildman–Crippen MR) is 110 cm³/mol. The van der Waals surface area contributed by atoms with Crippen molar-refractivity contribution in [2.45, 2.75) is 38.7 Å². The third-order valence-corrected chi connectivity index (χ3v) is 5.68. The molecule has 0 aliphatic heterocycles. The molecule has 3 heteroatoms. The third-order valence-electron chi connectivity index (χ3n) is 5.68. The Balaban J connectivity index is 0.000000872. The minimum absolute atomic E-state index is 0.0111. The van der Waals surface area contributed by atoms with E-state index in [9.17, 15) is 9.90 Å². The standard InChI is InChI=1S/C22H18O3.C2H6/c1-13-5-6-16-15(18(23)10-13)7-8-19-20(16)21(24)17(12-25-19)22-9-3-2-4-14(22)11-22;1-2/h2-10,12,14,18,23H,11H2,1H3;1-2H3. The molecular weight excluding hydrogens is 336 g/mol. The van der Waals surface area contributed by atoms with Crippen LogP contribution in [0, 0.1) is 5.92 Å². The van der Waals surface area contributed by atoms with E-state index in [1.807, 2.05) is 51.1 Å². The van der Waals surface area contributed by atoms with Crippen LogP contribution in [0.4, 0.5) is 0 Å². The van der Waals surface area contributed by atoms with Gasteiger partial charge < -0.3 is 9.52 Å². The molecule has 0 radical (unpaired) electrons. The highest BCUT2D eigenvalue weighted by Crippen LogP contribution is 2.57. The summed E-state index contributed by atoms with van der Waals surface area (Å²) in [7, 11) is 0. The maximum Gasteiger partial charge on any atom is 0.197 e. The number of benzene rings is 1. The fourth-order valence-electron chi connectivity index (χ4n) is 4.19. The van der Waals surface area contributed by atoms with Gasteiger partial charge in [-0.3, -0.25) is 4.79 Å². The molecule has 138 valence electrons. The Morgan fingerprint density at radius 1 is 1.19 bits per heavy atom. The summed E-state index contributed by atoms with van der Waals surface area (Å²) in [6.45, 7) is 5.94. The Hall–Kier alpha value is -2.65. The van der Waals surface area contributed by atoms with Crippen LogP contribution in [0.1, 0.15) is 50.0 Å². The molecule has 1 aromatic heterocycles. The second-order valence-electron chi connectivity index (χ2n) is 7.20. The van der Waals surface area contributed by atoms with Gasteiger partial charge >= 0.3 is 0 Å². The summed E-state index contributed by atoms with van der Waals surface area (Å²) < 4.78 is 5.85. The molecule has 0 amide bonds. The summed E-state index contributed by atoms with van der Waals surface area (Å²) in [6.07, 6.45) is 15.8. The highest BCUT2D eigenvalue weighted by atomic mass is 16.3. The van der Waals surface area contributed by atoms with Crippen LogP contribution >= 0.6 is 0 Å². The molecule has 1 saturated carbocycles. The fourth-order valence-corrected chi connectivity index (χ4v) is 4.19. The van der Waals surface area contributed by atoms with Crippen LogP contribution in [-0.2, 0) is 5.41 Å². The van der Waals surface area contributed by atoms with Gasteiger partial charge in [0.25, 0.3) is 0 Å². The lowest BCUT2D eigenvalue weighted by molar-refractivity contribution is 0.228. The van der Waals surface area contributed by atoms with Gasteiger partial charge in [-0.05, 0) is 42.5 Å². The average Bonchev–Trinajstić information content (AvgIpc) is 3.44. The molecule has 1 aromatic carbocycles. The molecule has 1 heterocycles. The van der Waals surface area contributed by atoms with E-state index in [0.717, 1.165) is 28.7 Å². The van der Waals surface area contributed by atoms with Gasteiger partial charge in [0, 0.05) is 11.0 Å². The molecule has 3 aliphatic rings. The van der Waals surface area contributed by atoms with E-state index in [4.69, 9.17) is 4.42 Å². The molecule has 0 bridgehead atoms. The molecule has 0 saturated heterocycles. The molecule has 27 heavy (non-hydrogen) atoms. The normalized spacial score (nSPS) is 27.2. The Kier molecular flexibility index (Phi) is 4.27. The number of hydrogen-bond acceptors (Lipinski definition) is 3. The van der Waals surface area contributed by atoms with Gasteiger partial charge in [0.05, 0.1) is 17.8 Å². The first-order valence-electron chi connectivity index (χ1n) is 9.60. The number of allylic oxidation sites excluding steroid dienone is 6. The second-order valence-corrected chi connectivity index (χ2v) is 7.20. The number of rotatable bonds is 1. The lowest BCUT2D eigenvalue weighted by atomic mass is 9.89. The van der Waals surface area contributed by atoms with Crippen molar-refractivity contribution < 1.29 is 9.52 Å². The van der Waals surface area contributed by atoms with Crippen LogP contribution in [0.3, 0.4) is 0 Å². The van der Waals surface area contributed by atoms with Crippen molar-refractivity contribution in [3.8, 4) is 0 Å². The van der Waals surface area contributed by atoms with Gasteiger partial charge in [0.1, 0.15) is 5.58 Å². The first-order chi connectivity index (χ1) is 13.1. The molecule has 3 aliphatic carbocycles. The molecular formula is C24H24O3. The summed E-state index contributed by atoms with van der Waals surface area (Å²) in [5.41, 5.74) is 3.55. The Labute approximate surface area is 159 Å². The summed E-state index contributed by atoms with van der Waals surface area (Å²) in [5, 5.41) is 11.0. The van der Waals surface area contributed by atoms with Crippen molar-refractivity contribution in [1.82, 2.24) is 0 Å². The van der Waals surface area contributed by atoms with Gasteiger partial charge in [-0.2, -0.15) is 0 Å². The highest BCUT2D eigenvalue weighted by Gasteiger charge is 2.54. The first-order valence-corrected chi connectivity index (χ1v) is 9.60. The average molecular weight is 360 g/mol. The van der Waals surface area contributed by atoms with Crippen molar-refractivity contribution in [2.75, 3.05) is 0 Å². The summed E-state index contributed by atoms with van der Waals surface area (Å²) in [5.74, 6) is 0.380. The molecule has 1 fully saturated rings. The Morgan fingerprint density at radius 2 is 2.00 bits per heavy atom. The van der Waals surface area contributed by atoms with Gasteiger partial charge in [0.2, 0.25) is 0 Å². The molecule has 5 rings (SSSR count). The predicted octanol–water partition coefficient (Wildman–Crippen LogP) is 5.21. The van der Waals surface area contributed by atoms with Crippen LogP contribution in [0.25, 0.3) is 17.0 Å². The zero-order valence-corrected chi connectivity index (χ0v) is 15.9. The van der Waals surface area contributed by atoms with E-state index >= 15 is 0 Å². The fraction of sp³-hybridized carbons (Fsp3) is 0.292. The topological polar surface area (TPSA) is 50.4 Å². The van der Waals surface area contributed by atoms with E-state index in [0.29, 0.717) is 16.9 Å². The maximum absolute atomic E-state index is 13.4. The number of aliphatic hydroxyl groups excluding tert-OH is 1. The van der Waals surface area contributed by atoms with Crippen LogP contribution in [0.2, 0.25) is 0 Å². The second kappa shape index (κ2) is 6.50. The summed E-state index contributed by atoms with van der Waals surface area (Å²) >= 11 is 0. The van der Waals surface area contributed by atoms with Crippen molar-refractivity contribution in [1.29, 1.82) is 0 Å². The zero-order valence-electron chi connectivity index (χ0n) is 15.9. The minimum atomic E-state index is -0.721. The van der Waals surface area contributed by atoms with Crippen molar-refractivity contribution in [3.63, 3.8) is 0 Å². The molecule has 1 N–H and O–H groups in total. The van der Waals surface area contributed by atoms with Crippen molar-refractivity contribution in [2.24, 2.45) is 5.92 Å². The SMILES string of the molecule is CC.CC1=CC(O)c2ccc3occ(C45C=CC=CC4C5)c(=O)c3c2C=C1. The molecule has 2 aromatic rings. The summed E-state index contributed by atoms with van der Waals surface area (Å²) in [6, 6.07) is 3.62. The largest absolute Gasteiger partial charge is 0.464 e. The lowest BCUT2D eigenvalue weighted by Crippen LogP contribution is -2.20. The van der Waals surface area contributed by atoms with Crippen LogP contribution in [-0.4, -0.2) is 5.11 Å². The van der Waals surface area contributed by atoms with Crippen LogP contribution in [0.15, 0.2) is 69.6 Å². The monoisotopic (exact) mass is 360 g/mol. The van der Waals surface area contributed by atoms with Gasteiger partial charge in [-0.1, -0.05) is 61.9 Å². The summed E-state index contributed by atoms with van der Waals surface area (Å²) in [4.78, 5) is 13.4. The lowest BCUT2D eigenvalue weighted by Gasteiger charge is -2.16. The molecule has 3 unspecified atom stereocenters. The van der Waals surface area contributed by atoms with Gasteiger partial charge in [0.15, 0.2) is 5.43 Å². The smallest absolute Gasteiger partial charge is 0.197 e. The van der Waals surface area contributed by atoms with Gasteiger partial charge in [-0.25, -0.2) is 0 Å². The van der Waals surface area contributed by atoms with Crippen LogP contribution in [0.5, 0.6) is 0 Å². The van der Waals surface area contributed by atoms with E-state index in [1.165, 1.54) is 0 Å². The quantitative estimate of drug-likeness (QED) is 0.759. The zero-order chi connectivity index (χ0) is 19.2. The minimum Gasteiger partial charge on any atom is -0.464 e. The van der Waals surface area contributed by atoms with E-state index in [-0.39, 0.29) is 10.8 Å². The number of fused-ring (bicyclic) bond motifs is 4. The van der Waals surface area contributed by atoms with Gasteiger partial charge in [-0.15, -0.1) is 0 Å². The first kappa shape index (κ1) is 17.7. The third kappa shape index (κ3) is 2.65. The maximum atomic E-state index is 13.4. The number of hydrogen-bond donors (Lipinski definition) is 1. The Morgan fingerprint density at radius 3 is 2.78 bits per heavy atom. The highest BCUT2D eigenvalue weighted by molar-refractivity contribution is 5.89. The van der Waals surface area contributed by atoms with Crippen molar-refractivity contribution >= 4 is 17.0 Å². The molecule has 3 atom stereocenters. The van der Waals surface area contributed by atoms with E-state index in [1.54, 1.807) is 18.4 Å². The van der Waals surface area contributed by atoms with Crippen LogP contribution < -0.4 is 5.43 Å². The van der Waals surface area contributed by atoms with E-state index in [2.05, 4.69) is 12.2 Å². The Bertz CT molecular complexity index is 1080. The van der Waals surface area contributed by atoms with E-state index < -0.39 is 6.10 Å². The number of aliphatic hydroxyl groups is 1. The molecule has 0 spiro atoms. The molecule has 3 nitrogen and oxygen atoms in total. The van der Waals surface area contributed by atoms with Crippen molar-refractivity contribution in [3.05, 3.63) is 87.3 Å².